The number of aromatic carboxylic acids is 1. The summed E-state index contributed by atoms with van der Waals surface area (Å²) in [6.07, 6.45) is 4.12. The number of pyridine rings is 1. The van der Waals surface area contributed by atoms with Gasteiger partial charge in [0.25, 0.3) is 0 Å². The highest BCUT2D eigenvalue weighted by Gasteiger charge is 2.35. The van der Waals surface area contributed by atoms with Crippen LogP contribution in [0.15, 0.2) is 66.3 Å². The molecule has 1 atom stereocenters. The van der Waals surface area contributed by atoms with Gasteiger partial charge < -0.3 is 25.2 Å². The molecule has 9 nitrogen and oxygen atoms in total. The lowest BCUT2D eigenvalue weighted by molar-refractivity contribution is -0.117. The van der Waals surface area contributed by atoms with Crippen LogP contribution in [-0.4, -0.2) is 33.5 Å². The van der Waals surface area contributed by atoms with Crippen LogP contribution in [0, 0.1) is 5.82 Å². The maximum atomic E-state index is 14.4. The van der Waals surface area contributed by atoms with Crippen molar-refractivity contribution in [2.24, 2.45) is 0 Å². The van der Waals surface area contributed by atoms with Crippen LogP contribution in [0.4, 0.5) is 9.52 Å². The van der Waals surface area contributed by atoms with Gasteiger partial charge in [-0.2, -0.15) is 0 Å². The monoisotopic (exact) mass is 548 g/mol. The molecule has 1 unspecified atom stereocenters. The van der Waals surface area contributed by atoms with Gasteiger partial charge in [0.1, 0.15) is 18.2 Å². The molecule has 0 spiro atoms. The van der Waals surface area contributed by atoms with E-state index >= 15 is 0 Å². The molecular weight excluding hydrogens is 523 g/mol. The van der Waals surface area contributed by atoms with Gasteiger partial charge in [0, 0.05) is 42.3 Å². The Bertz CT molecular complexity index is 1500. The molecule has 5 rings (SSSR count). The first-order valence-electron chi connectivity index (χ1n) is 12.2. The third kappa shape index (κ3) is 6.05. The van der Waals surface area contributed by atoms with E-state index in [0.717, 1.165) is 23.3 Å². The first kappa shape index (κ1) is 26.3. The molecule has 0 aliphatic carbocycles. The molecule has 1 amide bonds. The molecule has 0 saturated heterocycles. The van der Waals surface area contributed by atoms with Crippen molar-refractivity contribution >= 4 is 28.3 Å². The van der Waals surface area contributed by atoms with Crippen LogP contribution < -0.4 is 20.1 Å². The van der Waals surface area contributed by atoms with Crippen LogP contribution in [0.25, 0.3) is 0 Å². The number of hydrogen-bond donors (Lipinski definition) is 3. The summed E-state index contributed by atoms with van der Waals surface area (Å²) in [4.78, 5) is 32.5. The molecule has 0 radical (unpaired) electrons. The summed E-state index contributed by atoms with van der Waals surface area (Å²) in [7, 11) is 0. The van der Waals surface area contributed by atoms with Crippen molar-refractivity contribution in [2.45, 2.75) is 31.9 Å². The molecule has 4 aromatic rings. The first-order chi connectivity index (χ1) is 18.8. The summed E-state index contributed by atoms with van der Waals surface area (Å²) in [6.45, 7) is 2.76. The average molecular weight is 549 g/mol. The molecule has 11 heteroatoms. The van der Waals surface area contributed by atoms with Crippen LogP contribution in [0.3, 0.4) is 0 Å². The number of carbonyl (C=O) groups excluding carboxylic acids is 1. The second-order valence-corrected chi connectivity index (χ2v) is 10.1. The molecule has 200 valence electrons. The highest BCUT2D eigenvalue weighted by Crippen LogP contribution is 2.41. The number of ether oxygens (including phenoxy) is 2. The van der Waals surface area contributed by atoms with Crippen molar-refractivity contribution < 1.29 is 28.6 Å². The third-order valence-electron chi connectivity index (χ3n) is 6.37. The van der Waals surface area contributed by atoms with E-state index in [1.165, 1.54) is 17.4 Å². The molecule has 0 saturated carbocycles. The van der Waals surface area contributed by atoms with Crippen LogP contribution in [0.2, 0.25) is 0 Å². The Balaban J connectivity index is 1.48. The van der Waals surface area contributed by atoms with Gasteiger partial charge in [0.15, 0.2) is 16.6 Å². The molecule has 1 aliphatic rings. The lowest BCUT2D eigenvalue weighted by atomic mass is 9.81. The molecule has 3 heterocycles. The highest BCUT2D eigenvalue weighted by atomic mass is 32.1. The molecule has 3 N–H and O–H groups in total. The number of halogens is 1. The number of benzene rings is 2. The fraction of sp³-hybridized carbons (Fsp3) is 0.214. The van der Waals surface area contributed by atoms with E-state index in [1.807, 2.05) is 31.2 Å². The Morgan fingerprint density at radius 2 is 2.03 bits per heavy atom. The molecule has 0 bridgehead atoms. The van der Waals surface area contributed by atoms with Gasteiger partial charge in [-0.05, 0) is 60.9 Å². The van der Waals surface area contributed by atoms with Gasteiger partial charge in [-0.25, -0.2) is 14.2 Å². The van der Waals surface area contributed by atoms with E-state index in [4.69, 9.17) is 14.6 Å². The van der Waals surface area contributed by atoms with Crippen LogP contribution in [0.5, 0.6) is 17.2 Å². The summed E-state index contributed by atoms with van der Waals surface area (Å²) < 4.78 is 26.5. The largest absolute Gasteiger partial charge is 0.483 e. The average Bonchev–Trinajstić information content (AvgIpc) is 3.41. The van der Waals surface area contributed by atoms with E-state index in [9.17, 15) is 14.0 Å². The Kier molecular flexibility index (Phi) is 7.53. The number of rotatable bonds is 9. The van der Waals surface area contributed by atoms with Crippen LogP contribution in [0.1, 0.15) is 40.5 Å². The first-order valence-corrected chi connectivity index (χ1v) is 13.0. The van der Waals surface area contributed by atoms with Gasteiger partial charge in [-0.3, -0.25) is 9.78 Å². The molecule has 1 aliphatic heterocycles. The number of hydrogen-bond acceptors (Lipinski definition) is 8. The number of anilines is 1. The van der Waals surface area contributed by atoms with E-state index in [0.29, 0.717) is 35.3 Å². The van der Waals surface area contributed by atoms with Crippen LogP contribution >= 0.6 is 11.3 Å². The Labute approximate surface area is 227 Å². The zero-order valence-corrected chi connectivity index (χ0v) is 21.8. The van der Waals surface area contributed by atoms with Crippen molar-refractivity contribution in [3.8, 4) is 17.2 Å². The van der Waals surface area contributed by atoms with E-state index in [1.54, 1.807) is 23.8 Å². The number of nitrogens with one attached hydrogen (secondary N) is 2. The topological polar surface area (TPSA) is 123 Å². The van der Waals surface area contributed by atoms with E-state index < -0.39 is 22.9 Å². The predicted octanol–water partition coefficient (Wildman–Crippen LogP) is 5.14. The number of fused-ring (bicyclic) bond motifs is 1. The summed E-state index contributed by atoms with van der Waals surface area (Å²) in [5, 5.41) is 17.7. The van der Waals surface area contributed by atoms with Crippen LogP contribution in [-0.2, 0) is 23.4 Å². The lowest BCUT2D eigenvalue weighted by Gasteiger charge is -2.37. The van der Waals surface area contributed by atoms with E-state index in [2.05, 4.69) is 20.6 Å². The minimum absolute atomic E-state index is 0.104. The standard InChI is InChI=1S/C28H25FN4O5S/c1-28(15-25(34)33-27-31-10-11-39-27)21-14-24(38-19-5-6-20(26(35)36)22(29)13-19)23(12-17(21)7-9-32-28)37-16-18-4-2-3-8-30-18/h2-6,8,10-14,32H,7,9,15-16H2,1H3,(H,35,36)(H,31,33,34). The maximum Gasteiger partial charge on any atom is 0.338 e. The van der Waals surface area contributed by atoms with Gasteiger partial charge in [-0.15, -0.1) is 11.3 Å². The van der Waals surface area contributed by atoms with Crippen molar-refractivity contribution in [3.63, 3.8) is 0 Å². The summed E-state index contributed by atoms with van der Waals surface area (Å²) in [6, 6.07) is 12.7. The fourth-order valence-electron chi connectivity index (χ4n) is 4.51. The lowest BCUT2D eigenvalue weighted by Crippen LogP contribution is -2.47. The number of carboxylic acids is 1. The number of carbonyl (C=O) groups is 2. The van der Waals surface area contributed by atoms with Gasteiger partial charge in [0.2, 0.25) is 5.91 Å². The Hall–Kier alpha value is -4.35. The second kappa shape index (κ2) is 11.2. The number of amides is 1. The second-order valence-electron chi connectivity index (χ2n) is 9.19. The maximum absolute atomic E-state index is 14.4. The molecule has 0 fully saturated rings. The summed E-state index contributed by atoms with van der Waals surface area (Å²) >= 11 is 1.34. The third-order valence-corrected chi connectivity index (χ3v) is 7.06. The minimum Gasteiger partial charge on any atom is -0.483 e. The Morgan fingerprint density at radius 3 is 2.74 bits per heavy atom. The van der Waals surface area contributed by atoms with Gasteiger partial charge >= 0.3 is 5.97 Å². The minimum atomic E-state index is -1.37. The highest BCUT2D eigenvalue weighted by molar-refractivity contribution is 7.13. The summed E-state index contributed by atoms with van der Waals surface area (Å²) in [5.74, 6) is -1.67. The molecule has 39 heavy (non-hydrogen) atoms. The van der Waals surface area contributed by atoms with Crippen molar-refractivity contribution in [1.29, 1.82) is 0 Å². The smallest absolute Gasteiger partial charge is 0.338 e. The number of aromatic nitrogens is 2. The zero-order valence-electron chi connectivity index (χ0n) is 20.9. The Morgan fingerprint density at radius 1 is 1.15 bits per heavy atom. The normalized spacial score (nSPS) is 16.3. The summed E-state index contributed by atoms with van der Waals surface area (Å²) in [5.41, 5.74) is 1.34. The van der Waals surface area contributed by atoms with E-state index in [-0.39, 0.29) is 24.7 Å². The fourth-order valence-corrected chi connectivity index (χ4v) is 5.05. The van der Waals surface area contributed by atoms with Gasteiger partial charge in [0.05, 0.1) is 11.3 Å². The number of nitrogens with zero attached hydrogens (tertiary/aromatic N) is 2. The van der Waals surface area contributed by atoms with Crippen molar-refractivity contribution in [3.05, 3.63) is 94.5 Å². The quantitative estimate of drug-likeness (QED) is 0.263. The predicted molar refractivity (Wildman–Crippen MR) is 143 cm³/mol. The zero-order chi connectivity index (χ0) is 27.4. The van der Waals surface area contributed by atoms with Crippen molar-refractivity contribution in [2.75, 3.05) is 11.9 Å². The molecular formula is C28H25FN4O5S. The molecule has 2 aromatic carbocycles. The van der Waals surface area contributed by atoms with Crippen molar-refractivity contribution in [1.82, 2.24) is 15.3 Å². The van der Waals surface area contributed by atoms with Gasteiger partial charge in [-0.1, -0.05) is 6.07 Å². The number of carboxylic acid groups (broad SMARTS) is 1. The SMILES string of the molecule is CC1(CC(=O)Nc2nccs2)NCCc2cc(OCc3ccccn3)c(Oc3ccc(C(=O)O)c(F)c3)cc21. The number of thiazole rings is 1. The molecule has 2 aromatic heterocycles.